The second kappa shape index (κ2) is 14.5. The van der Waals surface area contributed by atoms with E-state index in [2.05, 4.69) is 27.8 Å². The van der Waals surface area contributed by atoms with E-state index in [1.165, 1.54) is 11.3 Å². The van der Waals surface area contributed by atoms with Crippen LogP contribution in [0.3, 0.4) is 0 Å². The highest BCUT2D eigenvalue weighted by molar-refractivity contribution is 8.17. The first-order chi connectivity index (χ1) is 22.4. The van der Waals surface area contributed by atoms with Crippen LogP contribution in [0.15, 0.2) is 52.0 Å². The molecule has 1 saturated carbocycles. The Labute approximate surface area is 276 Å². The van der Waals surface area contributed by atoms with Crippen LogP contribution in [0.2, 0.25) is 0 Å². The van der Waals surface area contributed by atoms with Gasteiger partial charge in [0.05, 0.1) is 22.9 Å². The molecule has 2 N–H and O–H groups in total. The first-order valence-corrected chi connectivity index (χ1v) is 17.1. The zero-order valence-corrected chi connectivity index (χ0v) is 27.7. The van der Waals surface area contributed by atoms with Gasteiger partial charge in [-0.15, -0.1) is 10.2 Å². The minimum absolute atomic E-state index is 0.0897. The van der Waals surface area contributed by atoms with E-state index >= 15 is 0 Å². The topological polar surface area (TPSA) is 133 Å². The molecule has 6 rings (SSSR count). The Morgan fingerprint density at radius 1 is 0.935 bits per heavy atom. The maximum absolute atomic E-state index is 13.1. The number of nitrogens with one attached hydrogen (secondary N) is 2. The van der Waals surface area contributed by atoms with Crippen LogP contribution >= 0.6 is 23.1 Å². The Hall–Kier alpha value is -4.10. The highest BCUT2D eigenvalue weighted by Crippen LogP contribution is 2.41. The lowest BCUT2D eigenvalue weighted by atomic mass is 9.82. The summed E-state index contributed by atoms with van der Waals surface area (Å²) in [5.74, 6) is 2.90. The molecule has 0 bridgehead atoms. The summed E-state index contributed by atoms with van der Waals surface area (Å²) >= 11 is 2.98. The number of carbonyl (C=O) groups excluding carboxylic acids is 2. The second-order valence-corrected chi connectivity index (χ2v) is 13.5. The molecule has 2 unspecified atom stereocenters. The third-order valence-electron chi connectivity index (χ3n) is 8.26. The van der Waals surface area contributed by atoms with Gasteiger partial charge < -0.3 is 29.6 Å². The molecule has 1 fully saturated rings. The summed E-state index contributed by atoms with van der Waals surface area (Å²) in [6, 6.07) is 11.1. The van der Waals surface area contributed by atoms with Gasteiger partial charge in [-0.05, 0) is 73.6 Å². The predicted octanol–water partition coefficient (Wildman–Crippen LogP) is 6.21. The van der Waals surface area contributed by atoms with Gasteiger partial charge >= 0.3 is 0 Å². The fourth-order valence-corrected chi connectivity index (χ4v) is 7.76. The van der Waals surface area contributed by atoms with Gasteiger partial charge in [0.15, 0.2) is 23.0 Å². The molecule has 3 heterocycles. The monoisotopic (exact) mass is 663 g/mol. The lowest BCUT2D eigenvalue weighted by molar-refractivity contribution is -0.119. The van der Waals surface area contributed by atoms with Crippen molar-refractivity contribution in [2.75, 3.05) is 26.0 Å². The second-order valence-electron chi connectivity index (χ2n) is 11.5. The van der Waals surface area contributed by atoms with Gasteiger partial charge in [-0.2, -0.15) is 0 Å². The highest BCUT2D eigenvalue weighted by atomic mass is 32.2. The summed E-state index contributed by atoms with van der Waals surface area (Å²) in [6.07, 6.45) is 5.16. The number of anilines is 1. The molecule has 46 heavy (non-hydrogen) atoms. The van der Waals surface area contributed by atoms with Gasteiger partial charge in [0, 0.05) is 18.9 Å². The van der Waals surface area contributed by atoms with Gasteiger partial charge in [-0.25, -0.2) is 0 Å². The Bertz CT molecular complexity index is 1670. The molecule has 11 nitrogen and oxygen atoms in total. The molecule has 0 saturated heterocycles. The van der Waals surface area contributed by atoms with Gasteiger partial charge in [0.25, 0.3) is 0 Å². The van der Waals surface area contributed by atoms with Gasteiger partial charge in [0.2, 0.25) is 30.5 Å². The van der Waals surface area contributed by atoms with Gasteiger partial charge in [-0.3, -0.25) is 14.6 Å². The van der Waals surface area contributed by atoms with E-state index in [-0.39, 0.29) is 50.1 Å². The summed E-state index contributed by atoms with van der Waals surface area (Å²) in [5, 5.41) is 18.0. The van der Waals surface area contributed by atoms with Crippen molar-refractivity contribution in [2.45, 2.75) is 64.7 Å². The Morgan fingerprint density at radius 2 is 1.59 bits per heavy atom. The number of fused-ring (bicyclic) bond motifs is 2. The van der Waals surface area contributed by atoms with Crippen LogP contribution in [0, 0.1) is 5.92 Å². The summed E-state index contributed by atoms with van der Waals surface area (Å²) in [6.45, 7) is 4.52. The van der Waals surface area contributed by atoms with E-state index in [1.54, 1.807) is 11.8 Å². The van der Waals surface area contributed by atoms with E-state index in [1.807, 2.05) is 50.4 Å². The number of hydrogen-bond acceptors (Lipinski definition) is 11. The number of benzene rings is 2. The summed E-state index contributed by atoms with van der Waals surface area (Å²) in [5.41, 5.74) is 2.80. The largest absolute Gasteiger partial charge is 0.454 e. The standard InChI is InChI=1S/C33H37N5O6S2/c1-4-19(2)30(35-28(39)14-20-8-10-24-26(12-20)43-17-41-24)45-31(34-3)22-6-5-7-23(16-22)32-37-38-33(46-32)36-29(40)15-21-9-11-25-27(13-21)44-18-42-25/h8-13,22-23H,4-7,14-18H2,1-3H3,(H,35,39)(H,36,38,40). The van der Waals surface area contributed by atoms with Crippen LogP contribution in [0.4, 0.5) is 5.13 Å². The molecule has 1 aromatic heterocycles. The number of thioether (sulfide) groups is 1. The zero-order chi connectivity index (χ0) is 32.0. The number of nitrogens with zero attached hydrogens (tertiary/aromatic N) is 3. The van der Waals surface area contributed by atoms with Crippen LogP contribution in [0.25, 0.3) is 0 Å². The van der Waals surface area contributed by atoms with Crippen LogP contribution in [0.1, 0.15) is 68.0 Å². The van der Waals surface area contributed by atoms with Crippen molar-refractivity contribution in [3.8, 4) is 23.0 Å². The number of aromatic nitrogens is 2. The minimum Gasteiger partial charge on any atom is -0.454 e. The molecule has 242 valence electrons. The molecule has 3 aromatic rings. The molecule has 13 heteroatoms. The zero-order valence-electron chi connectivity index (χ0n) is 26.1. The first-order valence-electron chi connectivity index (χ1n) is 15.4. The lowest BCUT2D eigenvalue weighted by Crippen LogP contribution is -2.27. The third kappa shape index (κ3) is 7.64. The molecular formula is C33H37N5O6S2. The molecule has 2 amide bonds. The van der Waals surface area contributed by atoms with Crippen molar-refractivity contribution in [1.82, 2.24) is 15.5 Å². The number of allylic oxidation sites excluding steroid dienone is 1. The van der Waals surface area contributed by atoms with Crippen LogP contribution < -0.4 is 29.6 Å². The number of carbonyl (C=O) groups is 2. The highest BCUT2D eigenvalue weighted by Gasteiger charge is 2.30. The Morgan fingerprint density at radius 3 is 2.24 bits per heavy atom. The average Bonchev–Trinajstić information content (AvgIpc) is 3.83. The summed E-state index contributed by atoms with van der Waals surface area (Å²) < 4.78 is 21.6. The molecule has 0 spiro atoms. The summed E-state index contributed by atoms with van der Waals surface area (Å²) in [4.78, 5) is 30.6. The van der Waals surface area contributed by atoms with E-state index in [9.17, 15) is 9.59 Å². The molecule has 2 aliphatic heterocycles. The molecule has 0 radical (unpaired) electrons. The van der Waals surface area contributed by atoms with Crippen molar-refractivity contribution in [3.05, 3.63) is 63.1 Å². The van der Waals surface area contributed by atoms with Crippen molar-refractivity contribution < 1.29 is 28.5 Å². The fourth-order valence-electron chi connectivity index (χ4n) is 5.69. The Balaban J connectivity index is 1.05. The number of hydrogen-bond donors (Lipinski definition) is 2. The number of rotatable bonds is 10. The van der Waals surface area contributed by atoms with E-state index < -0.39 is 0 Å². The fraction of sp³-hybridized carbons (Fsp3) is 0.424. The minimum atomic E-state index is -0.161. The Kier molecular flexibility index (Phi) is 10.1. The van der Waals surface area contributed by atoms with E-state index in [4.69, 9.17) is 23.9 Å². The summed E-state index contributed by atoms with van der Waals surface area (Å²) in [7, 11) is 1.82. The van der Waals surface area contributed by atoms with E-state index in [0.717, 1.165) is 63.9 Å². The maximum atomic E-state index is 13.1. The van der Waals surface area contributed by atoms with Crippen molar-refractivity contribution in [2.24, 2.45) is 10.9 Å². The third-order valence-corrected chi connectivity index (χ3v) is 10.6. The molecule has 2 aromatic carbocycles. The molecule has 2 atom stereocenters. The van der Waals surface area contributed by atoms with Crippen molar-refractivity contribution >= 4 is 45.1 Å². The van der Waals surface area contributed by atoms with Crippen molar-refractivity contribution in [1.29, 1.82) is 0 Å². The normalized spacial score (nSPS) is 19.1. The number of aliphatic imine (C=N–C) groups is 1. The quantitative estimate of drug-likeness (QED) is 0.192. The number of amides is 2. The van der Waals surface area contributed by atoms with Gasteiger partial charge in [0.1, 0.15) is 5.01 Å². The molecular weight excluding hydrogens is 627 g/mol. The molecule has 1 aliphatic carbocycles. The first kappa shape index (κ1) is 31.9. The van der Waals surface area contributed by atoms with Crippen LogP contribution in [-0.2, 0) is 22.4 Å². The van der Waals surface area contributed by atoms with Crippen LogP contribution in [-0.4, -0.2) is 47.7 Å². The SMILES string of the molecule is CCC(C)=C(NC(=O)Cc1ccc2c(c1)OCO2)SC(=NC)C1CCCC(c2nnc(NC(=O)Cc3ccc4c(c3)OCO4)s2)C1. The van der Waals surface area contributed by atoms with Gasteiger partial charge in [-0.1, -0.05) is 48.6 Å². The lowest BCUT2D eigenvalue weighted by Gasteiger charge is -2.29. The molecule has 3 aliphatic rings. The average molecular weight is 664 g/mol. The van der Waals surface area contributed by atoms with E-state index in [0.29, 0.717) is 28.1 Å². The van der Waals surface area contributed by atoms with Crippen LogP contribution in [0.5, 0.6) is 23.0 Å². The number of ether oxygens (including phenoxy) is 4. The predicted molar refractivity (Wildman–Crippen MR) is 178 cm³/mol. The maximum Gasteiger partial charge on any atom is 0.231 e. The van der Waals surface area contributed by atoms with Crippen molar-refractivity contribution in [3.63, 3.8) is 0 Å². The smallest absolute Gasteiger partial charge is 0.231 e.